The summed E-state index contributed by atoms with van der Waals surface area (Å²) in [5.74, 6) is -2.71. The molecule has 0 aromatic heterocycles. The smallest absolute Gasteiger partial charge is 0.339 e. The molecule has 148 valence electrons. The van der Waals surface area contributed by atoms with Crippen molar-refractivity contribution in [1.82, 2.24) is 5.32 Å². The fourth-order valence-corrected chi connectivity index (χ4v) is 3.00. The molecule has 0 aliphatic carbocycles. The van der Waals surface area contributed by atoms with Crippen molar-refractivity contribution in [2.24, 2.45) is 0 Å². The molecule has 1 saturated heterocycles. The van der Waals surface area contributed by atoms with Crippen molar-refractivity contribution in [3.63, 3.8) is 0 Å². The predicted octanol–water partition coefficient (Wildman–Crippen LogP) is 3.21. The SMILES string of the molecule is CCOc1ccc(/C=C2\C(=O)NC(=O)N(c3ccc(Br)cc3)C2=O)cc1C(=O)O. The Labute approximate surface area is 173 Å². The van der Waals surface area contributed by atoms with Gasteiger partial charge in [0.05, 0.1) is 12.3 Å². The second-order valence-corrected chi connectivity index (χ2v) is 6.84. The van der Waals surface area contributed by atoms with Crippen LogP contribution in [0.4, 0.5) is 10.5 Å². The van der Waals surface area contributed by atoms with E-state index < -0.39 is 23.8 Å². The quantitative estimate of drug-likeness (QED) is 0.525. The standard InChI is InChI=1S/C20H15BrN2O6/c1-2-29-16-8-3-11(9-14(16)19(26)27)10-15-17(24)22-20(28)23(18(15)25)13-6-4-12(21)5-7-13/h3-10H,2H2,1H3,(H,26,27)(H,22,24,28)/b15-10+. The van der Waals surface area contributed by atoms with Crippen LogP contribution in [-0.2, 0) is 9.59 Å². The van der Waals surface area contributed by atoms with E-state index in [0.29, 0.717) is 5.56 Å². The lowest BCUT2D eigenvalue weighted by Gasteiger charge is -2.26. The number of carboxylic acid groups (broad SMARTS) is 1. The molecule has 3 rings (SSSR count). The number of anilines is 1. The molecule has 1 aliphatic rings. The molecule has 1 heterocycles. The summed E-state index contributed by atoms with van der Waals surface area (Å²) in [6.07, 6.45) is 1.23. The summed E-state index contributed by atoms with van der Waals surface area (Å²) in [5.41, 5.74) is 0.181. The average Bonchev–Trinajstić information content (AvgIpc) is 2.67. The Bertz CT molecular complexity index is 1050. The number of aromatic carboxylic acids is 1. The number of halogens is 1. The van der Waals surface area contributed by atoms with Gasteiger partial charge in [-0.3, -0.25) is 14.9 Å². The van der Waals surface area contributed by atoms with Gasteiger partial charge in [-0.2, -0.15) is 0 Å². The number of carbonyl (C=O) groups is 4. The average molecular weight is 459 g/mol. The number of barbiturate groups is 1. The second kappa shape index (κ2) is 8.27. The fraction of sp³-hybridized carbons (Fsp3) is 0.100. The topological polar surface area (TPSA) is 113 Å². The van der Waals surface area contributed by atoms with E-state index in [2.05, 4.69) is 21.2 Å². The van der Waals surface area contributed by atoms with Gasteiger partial charge in [0.25, 0.3) is 11.8 Å². The first-order valence-corrected chi connectivity index (χ1v) is 9.28. The molecule has 0 unspecified atom stereocenters. The van der Waals surface area contributed by atoms with Crippen LogP contribution in [0.3, 0.4) is 0 Å². The molecule has 2 N–H and O–H groups in total. The number of hydrogen-bond acceptors (Lipinski definition) is 5. The summed E-state index contributed by atoms with van der Waals surface area (Å²) >= 11 is 3.27. The van der Waals surface area contributed by atoms with Gasteiger partial charge in [0.2, 0.25) is 0 Å². The Morgan fingerprint density at radius 3 is 2.48 bits per heavy atom. The van der Waals surface area contributed by atoms with Crippen molar-refractivity contribution in [3.8, 4) is 5.75 Å². The molecule has 29 heavy (non-hydrogen) atoms. The Morgan fingerprint density at radius 2 is 1.86 bits per heavy atom. The summed E-state index contributed by atoms with van der Waals surface area (Å²) in [7, 11) is 0. The lowest BCUT2D eigenvalue weighted by Crippen LogP contribution is -2.54. The first kappa shape index (κ1) is 20.3. The zero-order valence-corrected chi connectivity index (χ0v) is 16.7. The van der Waals surface area contributed by atoms with Crippen molar-refractivity contribution in [2.75, 3.05) is 11.5 Å². The monoisotopic (exact) mass is 458 g/mol. The highest BCUT2D eigenvalue weighted by atomic mass is 79.9. The molecular formula is C20H15BrN2O6. The van der Waals surface area contributed by atoms with Crippen LogP contribution in [0.2, 0.25) is 0 Å². The van der Waals surface area contributed by atoms with Crippen molar-refractivity contribution in [1.29, 1.82) is 0 Å². The molecule has 0 spiro atoms. The number of carboxylic acids is 1. The van der Waals surface area contributed by atoms with Crippen molar-refractivity contribution in [2.45, 2.75) is 6.92 Å². The van der Waals surface area contributed by atoms with Gasteiger partial charge in [-0.05, 0) is 55.0 Å². The van der Waals surface area contributed by atoms with E-state index in [1.54, 1.807) is 31.2 Å². The number of hydrogen-bond donors (Lipinski definition) is 2. The Morgan fingerprint density at radius 1 is 1.17 bits per heavy atom. The third kappa shape index (κ3) is 4.19. The number of ether oxygens (including phenoxy) is 1. The number of amides is 4. The summed E-state index contributed by atoms with van der Waals surface area (Å²) in [6.45, 7) is 2.01. The highest BCUT2D eigenvalue weighted by Gasteiger charge is 2.36. The van der Waals surface area contributed by atoms with Crippen LogP contribution >= 0.6 is 15.9 Å². The first-order valence-electron chi connectivity index (χ1n) is 8.49. The third-order valence-electron chi connectivity index (χ3n) is 4.03. The van der Waals surface area contributed by atoms with Crippen LogP contribution in [0.25, 0.3) is 6.08 Å². The molecule has 4 amide bonds. The zero-order valence-electron chi connectivity index (χ0n) is 15.1. The number of rotatable bonds is 5. The number of nitrogens with one attached hydrogen (secondary N) is 1. The minimum atomic E-state index is -1.21. The van der Waals surface area contributed by atoms with E-state index in [-0.39, 0.29) is 29.2 Å². The lowest BCUT2D eigenvalue weighted by atomic mass is 10.0. The van der Waals surface area contributed by atoms with Crippen LogP contribution in [0.15, 0.2) is 52.5 Å². The van der Waals surface area contributed by atoms with Gasteiger partial charge in [0, 0.05) is 4.47 Å². The van der Waals surface area contributed by atoms with Crippen LogP contribution in [0, 0.1) is 0 Å². The van der Waals surface area contributed by atoms with E-state index in [0.717, 1.165) is 9.37 Å². The molecule has 0 atom stereocenters. The predicted molar refractivity (Wildman–Crippen MR) is 108 cm³/mol. The number of nitrogens with zero attached hydrogens (tertiary/aromatic N) is 1. The van der Waals surface area contributed by atoms with E-state index >= 15 is 0 Å². The van der Waals surface area contributed by atoms with Gasteiger partial charge >= 0.3 is 12.0 Å². The Balaban J connectivity index is 2.01. The van der Waals surface area contributed by atoms with Gasteiger partial charge in [0.1, 0.15) is 16.9 Å². The molecule has 2 aromatic rings. The van der Waals surface area contributed by atoms with E-state index in [1.165, 1.54) is 24.3 Å². The molecule has 0 radical (unpaired) electrons. The Hall–Kier alpha value is -3.46. The van der Waals surface area contributed by atoms with Gasteiger partial charge in [-0.25, -0.2) is 14.5 Å². The number of carbonyl (C=O) groups excluding carboxylic acids is 3. The second-order valence-electron chi connectivity index (χ2n) is 5.93. The highest BCUT2D eigenvalue weighted by molar-refractivity contribution is 9.10. The molecule has 2 aromatic carbocycles. The maximum Gasteiger partial charge on any atom is 0.339 e. The minimum absolute atomic E-state index is 0.106. The van der Waals surface area contributed by atoms with Crippen LogP contribution < -0.4 is 15.0 Å². The third-order valence-corrected chi connectivity index (χ3v) is 4.56. The van der Waals surface area contributed by atoms with E-state index in [9.17, 15) is 24.3 Å². The molecule has 0 bridgehead atoms. The summed E-state index contributed by atoms with van der Waals surface area (Å²) in [5, 5.41) is 11.5. The fourth-order valence-electron chi connectivity index (χ4n) is 2.73. The highest BCUT2D eigenvalue weighted by Crippen LogP contribution is 2.25. The molecule has 1 fully saturated rings. The number of benzene rings is 2. The van der Waals surface area contributed by atoms with Gasteiger partial charge in [-0.1, -0.05) is 22.0 Å². The molecule has 8 nitrogen and oxygen atoms in total. The summed E-state index contributed by atoms with van der Waals surface area (Å²) < 4.78 is 6.04. The van der Waals surface area contributed by atoms with Crippen LogP contribution in [-0.4, -0.2) is 35.5 Å². The zero-order chi connectivity index (χ0) is 21.1. The van der Waals surface area contributed by atoms with Crippen molar-refractivity contribution in [3.05, 3.63) is 63.6 Å². The normalized spacial score (nSPS) is 15.4. The summed E-state index contributed by atoms with van der Waals surface area (Å²) in [4.78, 5) is 49.6. The van der Waals surface area contributed by atoms with Crippen molar-refractivity contribution < 1.29 is 29.0 Å². The van der Waals surface area contributed by atoms with Crippen molar-refractivity contribution >= 4 is 51.5 Å². The van der Waals surface area contributed by atoms with Gasteiger partial charge in [-0.15, -0.1) is 0 Å². The maximum atomic E-state index is 12.8. The maximum absolute atomic E-state index is 12.8. The van der Waals surface area contributed by atoms with Gasteiger partial charge < -0.3 is 9.84 Å². The molecule has 9 heteroatoms. The van der Waals surface area contributed by atoms with Crippen LogP contribution in [0.1, 0.15) is 22.8 Å². The van der Waals surface area contributed by atoms with E-state index in [4.69, 9.17) is 4.74 Å². The Kier molecular flexibility index (Phi) is 5.79. The lowest BCUT2D eigenvalue weighted by molar-refractivity contribution is -0.122. The molecular weight excluding hydrogens is 444 g/mol. The van der Waals surface area contributed by atoms with E-state index in [1.807, 2.05) is 0 Å². The van der Waals surface area contributed by atoms with Crippen LogP contribution in [0.5, 0.6) is 5.75 Å². The molecule has 1 aliphatic heterocycles. The largest absolute Gasteiger partial charge is 0.493 e. The first-order chi connectivity index (χ1) is 13.8. The molecule has 0 saturated carbocycles. The number of urea groups is 1. The van der Waals surface area contributed by atoms with Gasteiger partial charge in [0.15, 0.2) is 0 Å². The minimum Gasteiger partial charge on any atom is -0.493 e. The summed E-state index contributed by atoms with van der Waals surface area (Å²) in [6, 6.07) is 9.80. The number of imide groups is 2.